The lowest BCUT2D eigenvalue weighted by Gasteiger charge is -2.26. The van der Waals surface area contributed by atoms with Gasteiger partial charge >= 0.3 is 0 Å². The van der Waals surface area contributed by atoms with E-state index in [0.717, 1.165) is 27.3 Å². The Morgan fingerprint density at radius 2 is 1.59 bits per heavy atom. The van der Waals surface area contributed by atoms with Crippen LogP contribution in [-0.4, -0.2) is 34.2 Å². The number of benzene rings is 3. The van der Waals surface area contributed by atoms with Crippen molar-refractivity contribution in [3.05, 3.63) is 76.3 Å². The number of carbonyl (C=O) groups is 1. The Bertz CT molecular complexity index is 1300. The van der Waals surface area contributed by atoms with Gasteiger partial charge in [-0.15, -0.1) is 0 Å². The summed E-state index contributed by atoms with van der Waals surface area (Å²) in [5, 5.41) is 3.12. The number of rotatable bonds is 8. The van der Waals surface area contributed by atoms with Crippen molar-refractivity contribution in [2.24, 2.45) is 0 Å². The van der Waals surface area contributed by atoms with Crippen LogP contribution in [0.2, 0.25) is 5.02 Å². The van der Waals surface area contributed by atoms with Gasteiger partial charge in [-0.05, 0) is 62.2 Å². The lowest BCUT2D eigenvalue weighted by atomic mass is 10.1. The Morgan fingerprint density at radius 3 is 2.18 bits per heavy atom. The van der Waals surface area contributed by atoms with Crippen LogP contribution in [0.15, 0.2) is 54.6 Å². The molecule has 1 N–H and O–H groups in total. The van der Waals surface area contributed by atoms with Crippen LogP contribution >= 0.6 is 11.6 Å². The molecule has 3 rings (SSSR count). The molecule has 0 unspecified atom stereocenters. The maximum atomic E-state index is 13.0. The SMILES string of the molecule is COc1ccccc1Oc1ccc(Cl)cc1NC(=O)CN(c1c(C)cc(C)cc1C)S(C)(=O)=O. The van der Waals surface area contributed by atoms with E-state index in [1.807, 2.05) is 39.0 Å². The summed E-state index contributed by atoms with van der Waals surface area (Å²) in [6.45, 7) is 5.16. The van der Waals surface area contributed by atoms with Crippen LogP contribution in [0.4, 0.5) is 11.4 Å². The van der Waals surface area contributed by atoms with Gasteiger partial charge in [0.25, 0.3) is 0 Å². The molecule has 1 amide bonds. The van der Waals surface area contributed by atoms with Crippen molar-refractivity contribution in [3.8, 4) is 17.2 Å². The van der Waals surface area contributed by atoms with Crippen molar-refractivity contribution in [1.29, 1.82) is 0 Å². The third-order valence-corrected chi connectivity index (χ3v) is 6.42. The summed E-state index contributed by atoms with van der Waals surface area (Å²) in [6, 6.07) is 15.6. The van der Waals surface area contributed by atoms with E-state index in [-0.39, 0.29) is 0 Å². The lowest BCUT2D eigenvalue weighted by molar-refractivity contribution is -0.114. The molecule has 0 spiro atoms. The molecule has 0 fully saturated rings. The van der Waals surface area contributed by atoms with Gasteiger partial charge in [0.15, 0.2) is 17.2 Å². The van der Waals surface area contributed by atoms with E-state index in [1.54, 1.807) is 30.3 Å². The number of methoxy groups -OCH3 is 1. The Labute approximate surface area is 205 Å². The Morgan fingerprint density at radius 1 is 0.971 bits per heavy atom. The maximum Gasteiger partial charge on any atom is 0.245 e. The second-order valence-corrected chi connectivity index (χ2v) is 10.3. The highest BCUT2D eigenvalue weighted by Crippen LogP contribution is 2.36. The number of nitrogens with one attached hydrogen (secondary N) is 1. The van der Waals surface area contributed by atoms with Crippen molar-refractivity contribution < 1.29 is 22.7 Å². The summed E-state index contributed by atoms with van der Waals surface area (Å²) in [4.78, 5) is 13.0. The molecule has 0 aliphatic carbocycles. The molecule has 0 saturated heterocycles. The minimum absolute atomic E-state index is 0.300. The fourth-order valence-electron chi connectivity index (χ4n) is 3.76. The fraction of sp³-hybridized carbons (Fsp3) is 0.240. The third kappa shape index (κ3) is 6.01. The summed E-state index contributed by atoms with van der Waals surface area (Å²) in [6.07, 6.45) is 1.08. The van der Waals surface area contributed by atoms with Crippen molar-refractivity contribution in [1.82, 2.24) is 0 Å². The molecule has 180 valence electrons. The monoisotopic (exact) mass is 502 g/mol. The largest absolute Gasteiger partial charge is 0.493 e. The first-order chi connectivity index (χ1) is 16.0. The number of anilines is 2. The topological polar surface area (TPSA) is 84.9 Å². The molecule has 0 heterocycles. The molecule has 9 heteroatoms. The molecule has 0 bridgehead atoms. The minimum atomic E-state index is -3.74. The Kier molecular flexibility index (Phi) is 7.74. The predicted octanol–water partition coefficient (Wildman–Crippen LogP) is 5.47. The third-order valence-electron chi connectivity index (χ3n) is 5.08. The average Bonchev–Trinajstić information content (AvgIpc) is 2.74. The number of nitrogens with zero attached hydrogens (tertiary/aromatic N) is 1. The van der Waals surface area contributed by atoms with E-state index in [1.165, 1.54) is 13.2 Å². The Hall–Kier alpha value is -3.23. The molecule has 0 saturated carbocycles. The minimum Gasteiger partial charge on any atom is -0.493 e. The molecular formula is C25H27ClN2O5S. The molecule has 3 aromatic carbocycles. The zero-order chi connectivity index (χ0) is 25.0. The van der Waals surface area contributed by atoms with Crippen LogP contribution < -0.4 is 19.1 Å². The van der Waals surface area contributed by atoms with Crippen LogP contribution in [0.25, 0.3) is 0 Å². The van der Waals surface area contributed by atoms with E-state index in [2.05, 4.69) is 5.32 Å². The average molecular weight is 503 g/mol. The zero-order valence-electron chi connectivity index (χ0n) is 19.7. The molecule has 3 aromatic rings. The van der Waals surface area contributed by atoms with Gasteiger partial charge in [-0.25, -0.2) is 8.42 Å². The number of ether oxygens (including phenoxy) is 2. The first-order valence-electron chi connectivity index (χ1n) is 10.5. The van der Waals surface area contributed by atoms with Gasteiger partial charge in [-0.3, -0.25) is 9.10 Å². The van der Waals surface area contributed by atoms with Crippen molar-refractivity contribution >= 4 is 38.9 Å². The molecule has 34 heavy (non-hydrogen) atoms. The first kappa shape index (κ1) is 25.4. The summed E-state index contributed by atoms with van der Waals surface area (Å²) in [5.41, 5.74) is 3.32. The van der Waals surface area contributed by atoms with Gasteiger partial charge < -0.3 is 14.8 Å². The van der Waals surface area contributed by atoms with E-state index in [9.17, 15) is 13.2 Å². The van der Waals surface area contributed by atoms with Gasteiger partial charge in [0.1, 0.15) is 6.54 Å². The molecule has 0 aromatic heterocycles. The maximum absolute atomic E-state index is 13.0. The number of carbonyl (C=O) groups excluding carboxylic acids is 1. The van der Waals surface area contributed by atoms with Gasteiger partial charge in [0.05, 0.1) is 24.7 Å². The second-order valence-electron chi connectivity index (χ2n) is 7.96. The normalized spacial score (nSPS) is 11.1. The molecule has 0 aliphatic rings. The number of halogens is 1. The number of hydrogen-bond donors (Lipinski definition) is 1. The standard InChI is InChI=1S/C25H27ClN2O5S/c1-16-12-17(2)25(18(3)13-16)28(34(5,30)31)15-24(29)27-20-14-19(26)10-11-21(20)33-23-9-7-6-8-22(23)32-4/h6-14H,15H2,1-5H3,(H,27,29). The summed E-state index contributed by atoms with van der Waals surface area (Å²) < 4.78 is 37.7. The van der Waals surface area contributed by atoms with Crippen molar-refractivity contribution in [2.45, 2.75) is 20.8 Å². The molecular weight excluding hydrogens is 476 g/mol. The van der Waals surface area contributed by atoms with Gasteiger partial charge in [0, 0.05) is 5.02 Å². The van der Waals surface area contributed by atoms with Crippen LogP contribution in [0.5, 0.6) is 17.2 Å². The van der Waals surface area contributed by atoms with E-state index in [4.69, 9.17) is 21.1 Å². The van der Waals surface area contributed by atoms with Crippen LogP contribution in [0.3, 0.4) is 0 Å². The fourth-order valence-corrected chi connectivity index (χ4v) is 4.90. The summed E-state index contributed by atoms with van der Waals surface area (Å²) >= 11 is 6.15. The lowest BCUT2D eigenvalue weighted by Crippen LogP contribution is -2.38. The van der Waals surface area contributed by atoms with Crippen LogP contribution in [0, 0.1) is 20.8 Å². The first-order valence-corrected chi connectivity index (χ1v) is 12.7. The quantitative estimate of drug-likeness (QED) is 0.441. The highest BCUT2D eigenvalue weighted by molar-refractivity contribution is 7.92. The van der Waals surface area contributed by atoms with Crippen molar-refractivity contribution in [2.75, 3.05) is 29.5 Å². The van der Waals surface area contributed by atoms with E-state index in [0.29, 0.717) is 33.6 Å². The van der Waals surface area contributed by atoms with Gasteiger partial charge in [0.2, 0.25) is 15.9 Å². The van der Waals surface area contributed by atoms with Crippen molar-refractivity contribution in [3.63, 3.8) is 0 Å². The van der Waals surface area contributed by atoms with E-state index >= 15 is 0 Å². The number of amides is 1. The number of para-hydroxylation sites is 2. The van der Waals surface area contributed by atoms with Crippen LogP contribution in [-0.2, 0) is 14.8 Å². The Balaban J connectivity index is 1.91. The summed E-state index contributed by atoms with van der Waals surface area (Å²) in [7, 11) is -2.21. The smallest absolute Gasteiger partial charge is 0.245 e. The number of sulfonamides is 1. The van der Waals surface area contributed by atoms with Gasteiger partial charge in [-0.2, -0.15) is 0 Å². The van der Waals surface area contributed by atoms with E-state index < -0.39 is 22.5 Å². The molecule has 0 aliphatic heterocycles. The summed E-state index contributed by atoms with van der Waals surface area (Å²) in [5.74, 6) is 0.752. The predicted molar refractivity (Wildman–Crippen MR) is 136 cm³/mol. The highest BCUT2D eigenvalue weighted by atomic mass is 35.5. The van der Waals surface area contributed by atoms with Gasteiger partial charge in [-0.1, -0.05) is 41.4 Å². The molecule has 0 radical (unpaired) electrons. The molecule has 7 nitrogen and oxygen atoms in total. The highest BCUT2D eigenvalue weighted by Gasteiger charge is 2.25. The number of hydrogen-bond acceptors (Lipinski definition) is 5. The van der Waals surface area contributed by atoms with Crippen LogP contribution in [0.1, 0.15) is 16.7 Å². The second kappa shape index (κ2) is 10.4. The zero-order valence-corrected chi connectivity index (χ0v) is 21.3. The number of aryl methyl sites for hydroxylation is 3. The molecule has 0 atom stereocenters.